The molecule has 0 unspecified atom stereocenters. The van der Waals surface area contributed by atoms with E-state index in [1.807, 2.05) is 17.0 Å². The molecule has 0 aliphatic carbocycles. The van der Waals surface area contributed by atoms with E-state index in [9.17, 15) is 4.79 Å². The third kappa shape index (κ3) is 3.71. The molecule has 1 fully saturated rings. The number of rotatable bonds is 4. The second-order valence-corrected chi connectivity index (χ2v) is 8.25. The smallest absolute Gasteiger partial charge is 0.257 e. The summed E-state index contributed by atoms with van der Waals surface area (Å²) >= 11 is 1.68. The van der Waals surface area contributed by atoms with Gasteiger partial charge in [-0.15, -0.1) is 11.3 Å². The number of hydrogen-bond acceptors (Lipinski definition) is 7. The Morgan fingerprint density at radius 1 is 1.33 bits per heavy atom. The lowest BCUT2D eigenvalue weighted by atomic mass is 10.1. The molecular formula is C22H20N4O3S. The summed E-state index contributed by atoms with van der Waals surface area (Å²) in [5, 5.41) is 7.27. The van der Waals surface area contributed by atoms with E-state index < -0.39 is 6.10 Å². The van der Waals surface area contributed by atoms with Crippen LogP contribution in [-0.2, 0) is 16.0 Å². The molecule has 1 aromatic carbocycles. The van der Waals surface area contributed by atoms with E-state index in [-0.39, 0.29) is 5.91 Å². The van der Waals surface area contributed by atoms with E-state index >= 15 is 0 Å². The average molecular weight is 420 g/mol. The van der Waals surface area contributed by atoms with Gasteiger partial charge >= 0.3 is 0 Å². The molecule has 1 aliphatic heterocycles. The van der Waals surface area contributed by atoms with Crippen LogP contribution in [0.25, 0.3) is 21.5 Å². The molecule has 30 heavy (non-hydrogen) atoms. The van der Waals surface area contributed by atoms with Crippen molar-refractivity contribution in [3.8, 4) is 11.4 Å². The molecule has 1 aliphatic rings. The number of aryl methyl sites for hydroxylation is 1. The van der Waals surface area contributed by atoms with Crippen LogP contribution in [0.3, 0.4) is 0 Å². The molecule has 0 bridgehead atoms. The van der Waals surface area contributed by atoms with Crippen molar-refractivity contribution in [1.82, 2.24) is 20.0 Å². The van der Waals surface area contributed by atoms with Crippen molar-refractivity contribution < 1.29 is 14.1 Å². The van der Waals surface area contributed by atoms with Gasteiger partial charge in [0.2, 0.25) is 11.7 Å². The van der Waals surface area contributed by atoms with E-state index in [1.165, 1.54) is 10.3 Å². The fourth-order valence-corrected chi connectivity index (χ4v) is 4.55. The van der Waals surface area contributed by atoms with Gasteiger partial charge in [0, 0.05) is 29.2 Å². The number of nitrogens with zero attached hydrogens (tertiary/aromatic N) is 4. The Labute approximate surface area is 177 Å². The number of aromatic nitrogens is 3. The first-order valence-electron chi connectivity index (χ1n) is 9.77. The van der Waals surface area contributed by atoms with Crippen molar-refractivity contribution >= 4 is 27.3 Å². The summed E-state index contributed by atoms with van der Waals surface area (Å²) in [5.41, 5.74) is 3.04. The maximum absolute atomic E-state index is 13.0. The monoisotopic (exact) mass is 420 g/mol. The van der Waals surface area contributed by atoms with E-state index in [1.54, 1.807) is 23.7 Å². The van der Waals surface area contributed by atoms with Crippen molar-refractivity contribution in [2.24, 2.45) is 0 Å². The maximum atomic E-state index is 13.0. The molecule has 152 valence electrons. The van der Waals surface area contributed by atoms with Crippen molar-refractivity contribution in [3.05, 3.63) is 65.1 Å². The number of morpholine rings is 1. The van der Waals surface area contributed by atoms with Gasteiger partial charge in [-0.05, 0) is 41.5 Å². The minimum absolute atomic E-state index is 0.0801. The zero-order chi connectivity index (χ0) is 20.5. The summed E-state index contributed by atoms with van der Waals surface area (Å²) < 4.78 is 12.4. The number of fused-ring (bicyclic) bond motifs is 1. The van der Waals surface area contributed by atoms with Gasteiger partial charge in [-0.2, -0.15) is 4.98 Å². The largest absolute Gasteiger partial charge is 0.365 e. The average Bonchev–Trinajstić information content (AvgIpc) is 3.42. The quantitative estimate of drug-likeness (QED) is 0.500. The van der Waals surface area contributed by atoms with Crippen molar-refractivity contribution in [2.45, 2.75) is 19.4 Å². The highest BCUT2D eigenvalue weighted by Crippen LogP contribution is 2.29. The van der Waals surface area contributed by atoms with Crippen molar-refractivity contribution in [1.29, 1.82) is 0 Å². The van der Waals surface area contributed by atoms with E-state index in [0.717, 1.165) is 16.5 Å². The Morgan fingerprint density at radius 3 is 3.13 bits per heavy atom. The highest BCUT2D eigenvalue weighted by atomic mass is 32.1. The van der Waals surface area contributed by atoms with Crippen LogP contribution in [0.4, 0.5) is 0 Å². The Bertz CT molecular complexity index is 1190. The zero-order valence-electron chi connectivity index (χ0n) is 16.4. The third-order valence-electron chi connectivity index (χ3n) is 5.21. The molecule has 8 heteroatoms. The van der Waals surface area contributed by atoms with Crippen molar-refractivity contribution in [3.63, 3.8) is 0 Å². The van der Waals surface area contributed by atoms with Crippen LogP contribution in [0, 0.1) is 6.92 Å². The van der Waals surface area contributed by atoms with Gasteiger partial charge in [-0.1, -0.05) is 22.9 Å². The third-order valence-corrected chi connectivity index (χ3v) is 6.22. The predicted molar refractivity (Wildman–Crippen MR) is 113 cm³/mol. The molecule has 1 amide bonds. The SMILES string of the molecule is Cc1ccc2scc(CC(=O)N3CCO[C@H](c4nc(-c5cccnc5)no4)C3)c2c1. The van der Waals surface area contributed by atoms with Crippen LogP contribution >= 0.6 is 11.3 Å². The predicted octanol–water partition coefficient (Wildman–Crippen LogP) is 3.80. The first kappa shape index (κ1) is 18.9. The number of benzene rings is 1. The van der Waals surface area contributed by atoms with Gasteiger partial charge in [0.15, 0.2) is 6.10 Å². The number of hydrogen-bond donors (Lipinski definition) is 0. The van der Waals surface area contributed by atoms with Crippen LogP contribution in [0.2, 0.25) is 0 Å². The lowest BCUT2D eigenvalue weighted by Gasteiger charge is -2.31. The topological polar surface area (TPSA) is 81.4 Å². The highest BCUT2D eigenvalue weighted by Gasteiger charge is 2.30. The second-order valence-electron chi connectivity index (χ2n) is 7.33. The highest BCUT2D eigenvalue weighted by molar-refractivity contribution is 7.17. The van der Waals surface area contributed by atoms with Crippen molar-refractivity contribution in [2.75, 3.05) is 19.7 Å². The minimum atomic E-state index is -0.429. The molecule has 0 spiro atoms. The van der Waals surface area contributed by atoms with Gasteiger partial charge in [0.05, 0.1) is 19.6 Å². The molecular weight excluding hydrogens is 400 g/mol. The van der Waals surface area contributed by atoms with Gasteiger partial charge in [0.1, 0.15) is 0 Å². The standard InChI is InChI=1S/C22H20N4O3S/c1-14-4-5-19-17(9-14)16(13-30-19)10-20(27)26-7-8-28-18(12-26)22-24-21(25-29-22)15-3-2-6-23-11-15/h2-6,9,11,13,18H,7-8,10,12H2,1H3/t18-/m0/s1. The van der Waals surface area contributed by atoms with Gasteiger partial charge in [-0.25, -0.2) is 0 Å². The number of carbonyl (C=O) groups excluding carboxylic acids is 1. The first-order chi connectivity index (χ1) is 14.7. The van der Waals surface area contributed by atoms with E-state index in [2.05, 4.69) is 45.6 Å². The Balaban J connectivity index is 1.30. The lowest BCUT2D eigenvalue weighted by Crippen LogP contribution is -2.43. The van der Waals surface area contributed by atoms with Crippen LogP contribution in [0.15, 0.2) is 52.6 Å². The normalized spacial score (nSPS) is 16.8. The fraction of sp³-hybridized carbons (Fsp3) is 0.273. The summed E-state index contributed by atoms with van der Waals surface area (Å²) in [7, 11) is 0. The Kier molecular flexibility index (Phi) is 5.02. The number of thiophene rings is 1. The summed E-state index contributed by atoms with van der Waals surface area (Å²) in [6, 6.07) is 10.0. The number of carbonyl (C=O) groups is 1. The van der Waals surface area contributed by atoms with Crippen LogP contribution in [0.1, 0.15) is 23.1 Å². The molecule has 5 rings (SSSR count). The fourth-order valence-electron chi connectivity index (χ4n) is 3.61. The van der Waals surface area contributed by atoms with Gasteiger partial charge < -0.3 is 14.2 Å². The number of ether oxygens (including phenoxy) is 1. The summed E-state index contributed by atoms with van der Waals surface area (Å²) in [6.07, 6.45) is 3.32. The Hall–Kier alpha value is -3.10. The molecule has 1 saturated heterocycles. The summed E-state index contributed by atoms with van der Waals surface area (Å²) in [6.45, 7) is 3.46. The zero-order valence-corrected chi connectivity index (χ0v) is 17.3. The molecule has 0 saturated carbocycles. The molecule has 0 radical (unpaired) electrons. The molecule has 4 heterocycles. The molecule has 0 N–H and O–H groups in total. The lowest BCUT2D eigenvalue weighted by molar-refractivity contribution is -0.139. The van der Waals surface area contributed by atoms with E-state index in [4.69, 9.17) is 9.26 Å². The minimum Gasteiger partial charge on any atom is -0.365 e. The maximum Gasteiger partial charge on any atom is 0.257 e. The molecule has 3 aromatic heterocycles. The van der Waals surface area contributed by atoms with E-state index in [0.29, 0.717) is 37.8 Å². The molecule has 7 nitrogen and oxygen atoms in total. The first-order valence-corrected chi connectivity index (χ1v) is 10.7. The summed E-state index contributed by atoms with van der Waals surface area (Å²) in [4.78, 5) is 23.3. The van der Waals surface area contributed by atoms with Crippen LogP contribution in [-0.4, -0.2) is 45.6 Å². The van der Waals surface area contributed by atoms with Gasteiger partial charge in [-0.3, -0.25) is 9.78 Å². The number of amides is 1. The Morgan fingerprint density at radius 2 is 2.27 bits per heavy atom. The van der Waals surface area contributed by atoms with Crippen LogP contribution < -0.4 is 0 Å². The summed E-state index contributed by atoms with van der Waals surface area (Å²) in [5.74, 6) is 0.921. The van der Waals surface area contributed by atoms with Crippen LogP contribution in [0.5, 0.6) is 0 Å². The number of pyridine rings is 1. The molecule has 4 aromatic rings. The molecule has 1 atom stereocenters. The second kappa shape index (κ2) is 7.97. The van der Waals surface area contributed by atoms with Gasteiger partial charge in [0.25, 0.3) is 5.89 Å².